The first kappa shape index (κ1) is 40.5. The van der Waals surface area contributed by atoms with Crippen LogP contribution in [0, 0.1) is 0 Å². The molecule has 0 aliphatic rings. The van der Waals surface area contributed by atoms with E-state index in [1.807, 2.05) is 23.5 Å². The molecule has 0 radical (unpaired) electrons. The van der Waals surface area contributed by atoms with Crippen molar-refractivity contribution in [2.24, 2.45) is 0 Å². The minimum Gasteiger partial charge on any atom is -0.456 e. The summed E-state index contributed by atoms with van der Waals surface area (Å²) < 4.78 is 8.86. The number of rotatable bonds is 9. The summed E-state index contributed by atoms with van der Waals surface area (Å²) in [5, 5.41) is 4.86. The Kier molecular flexibility index (Phi) is 10.1. The van der Waals surface area contributed by atoms with Crippen molar-refractivity contribution in [2.75, 3.05) is 4.90 Å². The largest absolute Gasteiger partial charge is 0.456 e. The van der Waals surface area contributed by atoms with E-state index < -0.39 is 0 Å². The minimum absolute atomic E-state index is 0.900. The number of para-hydroxylation sites is 1. The van der Waals surface area contributed by atoms with Crippen LogP contribution in [0.25, 0.3) is 109 Å². The van der Waals surface area contributed by atoms with Crippen LogP contribution in [-0.4, -0.2) is 0 Å². The van der Waals surface area contributed by atoms with E-state index in [1.165, 1.54) is 75.8 Å². The highest BCUT2D eigenvalue weighted by Crippen LogP contribution is 2.42. The molecule has 0 saturated carbocycles. The van der Waals surface area contributed by atoms with Crippen molar-refractivity contribution in [3.05, 3.63) is 261 Å². The van der Waals surface area contributed by atoms with E-state index >= 15 is 0 Å². The molecular weight excluding hydrogens is 855 g/mol. The van der Waals surface area contributed by atoms with Crippen LogP contribution in [0.15, 0.2) is 265 Å². The van der Waals surface area contributed by atoms with Gasteiger partial charge in [-0.2, -0.15) is 0 Å². The zero-order valence-electron chi connectivity index (χ0n) is 37.6. The molecule has 0 fully saturated rings. The van der Waals surface area contributed by atoms with Crippen molar-refractivity contribution in [1.82, 2.24) is 0 Å². The van der Waals surface area contributed by atoms with E-state index in [1.54, 1.807) is 0 Å². The van der Waals surface area contributed by atoms with Crippen molar-refractivity contribution in [1.29, 1.82) is 0 Å². The number of hydrogen-bond acceptors (Lipinski definition) is 3. The van der Waals surface area contributed by atoms with Crippen LogP contribution in [0.4, 0.5) is 17.1 Å². The average Bonchev–Trinajstić information content (AvgIpc) is 4.00. The number of anilines is 3. The van der Waals surface area contributed by atoms with Crippen LogP contribution >= 0.6 is 11.3 Å². The maximum absolute atomic E-state index is 6.24. The number of benzene rings is 11. The second-order valence-electron chi connectivity index (χ2n) is 17.7. The van der Waals surface area contributed by atoms with Crippen LogP contribution in [0.3, 0.4) is 0 Å². The van der Waals surface area contributed by atoms with Gasteiger partial charge in [0, 0.05) is 48.0 Å². The second-order valence-corrected chi connectivity index (χ2v) is 18.8. The summed E-state index contributed by atoms with van der Waals surface area (Å²) in [5.74, 6) is 0. The molecule has 0 unspecified atom stereocenters. The number of nitrogens with zero attached hydrogens (tertiary/aromatic N) is 1. The molecule has 13 aromatic rings. The van der Waals surface area contributed by atoms with Gasteiger partial charge in [0.2, 0.25) is 0 Å². The van der Waals surface area contributed by atoms with E-state index in [4.69, 9.17) is 4.42 Å². The number of hydrogen-bond donors (Lipinski definition) is 0. The van der Waals surface area contributed by atoms with Crippen LogP contribution < -0.4 is 4.90 Å². The lowest BCUT2D eigenvalue weighted by Gasteiger charge is -2.26. The third kappa shape index (κ3) is 7.65. The Morgan fingerprint density at radius 2 is 0.594 bits per heavy atom. The normalized spacial score (nSPS) is 11.5. The topological polar surface area (TPSA) is 16.4 Å². The van der Waals surface area contributed by atoms with Gasteiger partial charge in [-0.3, -0.25) is 0 Å². The highest BCUT2D eigenvalue weighted by atomic mass is 32.1. The zero-order chi connectivity index (χ0) is 45.7. The summed E-state index contributed by atoms with van der Waals surface area (Å²) in [6.07, 6.45) is 0. The highest BCUT2D eigenvalue weighted by Gasteiger charge is 2.16. The first-order valence-electron chi connectivity index (χ1n) is 23.5. The van der Waals surface area contributed by atoms with Gasteiger partial charge >= 0.3 is 0 Å². The van der Waals surface area contributed by atoms with Crippen molar-refractivity contribution in [3.8, 4) is 66.8 Å². The van der Waals surface area contributed by atoms with E-state index in [0.29, 0.717) is 0 Å². The third-order valence-corrected chi connectivity index (χ3v) is 14.6. The van der Waals surface area contributed by atoms with Crippen LogP contribution in [0.5, 0.6) is 0 Å². The number of furan rings is 1. The van der Waals surface area contributed by atoms with Gasteiger partial charge in [-0.1, -0.05) is 170 Å². The minimum atomic E-state index is 0.900. The van der Waals surface area contributed by atoms with Gasteiger partial charge in [-0.25, -0.2) is 0 Å². The fourth-order valence-electron chi connectivity index (χ4n) is 9.91. The van der Waals surface area contributed by atoms with Gasteiger partial charge in [-0.15, -0.1) is 11.3 Å². The maximum Gasteiger partial charge on any atom is 0.135 e. The molecule has 0 N–H and O–H groups in total. The van der Waals surface area contributed by atoms with Gasteiger partial charge in [0.1, 0.15) is 11.2 Å². The van der Waals surface area contributed by atoms with E-state index in [9.17, 15) is 0 Å². The molecule has 2 heterocycles. The smallest absolute Gasteiger partial charge is 0.135 e. The number of thiophene rings is 1. The third-order valence-electron chi connectivity index (χ3n) is 13.5. The first-order valence-corrected chi connectivity index (χ1v) is 24.3. The van der Waals surface area contributed by atoms with Crippen molar-refractivity contribution >= 4 is 70.5 Å². The molecule has 0 atom stereocenters. The van der Waals surface area contributed by atoms with E-state index in [-0.39, 0.29) is 0 Å². The van der Waals surface area contributed by atoms with E-state index in [2.05, 4.69) is 254 Å². The Morgan fingerprint density at radius 3 is 1.14 bits per heavy atom. The number of fused-ring (bicyclic) bond motifs is 6. The molecule has 0 bridgehead atoms. The van der Waals surface area contributed by atoms with Gasteiger partial charge in [-0.05, 0) is 158 Å². The Balaban J connectivity index is 0.853. The predicted molar refractivity (Wildman–Crippen MR) is 294 cm³/mol. The lowest BCUT2D eigenvalue weighted by atomic mass is 9.92. The summed E-state index contributed by atoms with van der Waals surface area (Å²) >= 11 is 1.86. The molecule has 0 amide bonds. The summed E-state index contributed by atoms with van der Waals surface area (Å²) in [6, 6.07) is 94.5. The average molecular weight is 898 g/mol. The predicted octanol–water partition coefficient (Wildman–Crippen LogP) is 19.4. The van der Waals surface area contributed by atoms with Gasteiger partial charge < -0.3 is 9.32 Å². The SMILES string of the molecule is c1ccc(-c2ccc(N(c3ccc(-c4ccccc4)cc3)c3ccc(-c4ccc(-c5cc(-c6ccc7oc8ccccc8c7c6)cc(-c6ccc7sc8ccccc8c7c6)c5)cc4)cc3)cc2)cc1. The van der Waals surface area contributed by atoms with Crippen LogP contribution in [-0.2, 0) is 0 Å². The van der Waals surface area contributed by atoms with Crippen molar-refractivity contribution in [3.63, 3.8) is 0 Å². The Labute approximate surface area is 405 Å². The summed E-state index contributed by atoms with van der Waals surface area (Å²) in [5.41, 5.74) is 19.3. The Hall–Kier alpha value is -8.76. The molecule has 2 aromatic heterocycles. The molecular formula is C66H43NOS. The Morgan fingerprint density at radius 1 is 0.232 bits per heavy atom. The maximum atomic E-state index is 6.24. The van der Waals surface area contributed by atoms with Gasteiger partial charge in [0.15, 0.2) is 0 Å². The van der Waals surface area contributed by atoms with Crippen LogP contribution in [0.2, 0.25) is 0 Å². The fourth-order valence-corrected chi connectivity index (χ4v) is 11.0. The van der Waals surface area contributed by atoms with Crippen molar-refractivity contribution in [2.45, 2.75) is 0 Å². The first-order chi connectivity index (χ1) is 34.1. The lowest BCUT2D eigenvalue weighted by Crippen LogP contribution is -2.09. The zero-order valence-corrected chi connectivity index (χ0v) is 38.4. The summed E-state index contributed by atoms with van der Waals surface area (Å²) in [7, 11) is 0. The molecule has 3 heteroatoms. The molecule has 0 aliphatic heterocycles. The van der Waals surface area contributed by atoms with Crippen molar-refractivity contribution < 1.29 is 4.42 Å². The molecule has 0 saturated heterocycles. The molecule has 0 spiro atoms. The summed E-state index contributed by atoms with van der Waals surface area (Å²) in [6.45, 7) is 0. The Bertz CT molecular complexity index is 3750. The fraction of sp³-hybridized carbons (Fsp3) is 0. The molecule has 69 heavy (non-hydrogen) atoms. The van der Waals surface area contributed by atoms with Gasteiger partial charge in [0.05, 0.1) is 0 Å². The van der Waals surface area contributed by atoms with Gasteiger partial charge in [0.25, 0.3) is 0 Å². The summed E-state index contributed by atoms with van der Waals surface area (Å²) in [4.78, 5) is 2.34. The second kappa shape index (κ2) is 17.2. The lowest BCUT2D eigenvalue weighted by molar-refractivity contribution is 0.669. The van der Waals surface area contributed by atoms with Crippen LogP contribution in [0.1, 0.15) is 0 Å². The highest BCUT2D eigenvalue weighted by molar-refractivity contribution is 7.25. The molecule has 2 nitrogen and oxygen atoms in total. The molecule has 324 valence electrons. The molecule has 0 aliphatic carbocycles. The quantitative estimate of drug-likeness (QED) is 0.144. The van der Waals surface area contributed by atoms with E-state index in [0.717, 1.165) is 50.1 Å². The monoisotopic (exact) mass is 897 g/mol. The standard InChI is InChI=1S/C66H43NOS/c1-3-11-44(12-4-1)47-23-31-56(32-24-47)67(57-33-25-48(26-34-57)45-13-5-2-6-14-45)58-35-27-49(28-36-58)46-19-21-50(22-20-46)53-39-54(51-29-37-64-61(42-51)59-15-7-9-17-63(59)68-64)41-55(40-53)52-30-38-66-62(43-52)60-16-8-10-18-65(60)69-66/h1-43H. The molecule has 13 rings (SSSR count). The molecule has 11 aromatic carbocycles.